The third kappa shape index (κ3) is 4.88. The van der Waals surface area contributed by atoms with Crippen LogP contribution in [0.15, 0.2) is 0 Å². The lowest BCUT2D eigenvalue weighted by atomic mass is 9.91. The Hall–Kier alpha value is -1.34. The highest BCUT2D eigenvalue weighted by atomic mass is 16.6. The average molecular weight is 367 g/mol. The monoisotopic (exact) mass is 367 g/mol. The average Bonchev–Trinajstić information content (AvgIpc) is 2.95. The first-order valence-electron chi connectivity index (χ1n) is 10.2. The molecule has 0 N–H and O–H groups in total. The van der Waals surface area contributed by atoms with Crippen molar-refractivity contribution in [3.8, 4) is 0 Å². The molecule has 7 heteroatoms. The van der Waals surface area contributed by atoms with E-state index >= 15 is 0 Å². The topological polar surface area (TPSA) is 62.3 Å². The van der Waals surface area contributed by atoms with Gasteiger partial charge in [0.2, 0.25) is 5.91 Å². The summed E-state index contributed by atoms with van der Waals surface area (Å²) in [5.74, 6) is 0.183. The molecule has 3 fully saturated rings. The summed E-state index contributed by atoms with van der Waals surface area (Å²) >= 11 is 0. The first-order chi connectivity index (χ1) is 12.6. The standard InChI is InChI=1S/C19H33N3O4/c1-2-3-4-5-8-22-16-19(26-18(22)24)6-9-21(10-7-19)17(23)15-20-11-13-25-14-12-20/h2-16H2,1H3. The molecule has 3 aliphatic heterocycles. The minimum absolute atomic E-state index is 0.172. The molecular formula is C19H33N3O4. The lowest BCUT2D eigenvalue weighted by Crippen LogP contribution is -2.51. The summed E-state index contributed by atoms with van der Waals surface area (Å²) in [5.41, 5.74) is -0.377. The predicted octanol–water partition coefficient (Wildman–Crippen LogP) is 1.71. The summed E-state index contributed by atoms with van der Waals surface area (Å²) in [5, 5.41) is 0. The molecule has 0 aromatic rings. The molecule has 0 aromatic carbocycles. The van der Waals surface area contributed by atoms with E-state index in [1.165, 1.54) is 12.8 Å². The van der Waals surface area contributed by atoms with Gasteiger partial charge in [-0.2, -0.15) is 0 Å². The van der Waals surface area contributed by atoms with Crippen LogP contribution in [0.3, 0.4) is 0 Å². The van der Waals surface area contributed by atoms with Gasteiger partial charge in [-0.05, 0) is 6.42 Å². The number of unbranched alkanes of at least 4 members (excludes halogenated alkanes) is 3. The molecule has 26 heavy (non-hydrogen) atoms. The molecule has 0 saturated carbocycles. The van der Waals surface area contributed by atoms with Gasteiger partial charge in [-0.1, -0.05) is 26.2 Å². The maximum absolute atomic E-state index is 12.5. The number of nitrogens with zero attached hydrogens (tertiary/aromatic N) is 3. The molecule has 2 amide bonds. The quantitative estimate of drug-likeness (QED) is 0.641. The highest BCUT2D eigenvalue weighted by Gasteiger charge is 2.47. The van der Waals surface area contributed by atoms with Crippen LogP contribution < -0.4 is 0 Å². The number of piperidine rings is 1. The zero-order valence-electron chi connectivity index (χ0n) is 16.1. The van der Waals surface area contributed by atoms with E-state index in [0.717, 1.165) is 45.3 Å². The maximum atomic E-state index is 12.5. The molecule has 1 spiro atoms. The third-order valence-electron chi connectivity index (χ3n) is 5.81. The van der Waals surface area contributed by atoms with Gasteiger partial charge in [-0.25, -0.2) is 4.79 Å². The van der Waals surface area contributed by atoms with E-state index in [1.54, 1.807) is 0 Å². The zero-order chi connectivity index (χ0) is 18.4. The van der Waals surface area contributed by atoms with Crippen LogP contribution >= 0.6 is 0 Å². The van der Waals surface area contributed by atoms with Crippen LogP contribution in [0.25, 0.3) is 0 Å². The summed E-state index contributed by atoms with van der Waals surface area (Å²) in [6.07, 6.45) is 5.95. The van der Waals surface area contributed by atoms with E-state index in [0.29, 0.717) is 39.4 Å². The summed E-state index contributed by atoms with van der Waals surface area (Å²) in [7, 11) is 0. The van der Waals surface area contributed by atoms with Gasteiger partial charge in [-0.15, -0.1) is 0 Å². The second-order valence-corrected chi connectivity index (χ2v) is 7.80. The van der Waals surface area contributed by atoms with Crippen molar-refractivity contribution in [3.63, 3.8) is 0 Å². The Balaban J connectivity index is 1.42. The Morgan fingerprint density at radius 3 is 2.50 bits per heavy atom. The van der Waals surface area contributed by atoms with E-state index in [4.69, 9.17) is 9.47 Å². The molecule has 0 radical (unpaired) electrons. The van der Waals surface area contributed by atoms with Gasteiger partial charge in [0.1, 0.15) is 5.60 Å². The second kappa shape index (κ2) is 9.04. The van der Waals surface area contributed by atoms with E-state index in [2.05, 4.69) is 11.8 Å². The van der Waals surface area contributed by atoms with Gasteiger partial charge in [0.05, 0.1) is 26.3 Å². The van der Waals surface area contributed by atoms with Crippen LogP contribution in [-0.2, 0) is 14.3 Å². The van der Waals surface area contributed by atoms with Crippen molar-refractivity contribution in [2.24, 2.45) is 0 Å². The van der Waals surface area contributed by atoms with E-state index < -0.39 is 0 Å². The molecule has 3 rings (SSSR count). The van der Waals surface area contributed by atoms with Crippen LogP contribution in [0.2, 0.25) is 0 Å². The number of hydrogen-bond acceptors (Lipinski definition) is 5. The van der Waals surface area contributed by atoms with Crippen molar-refractivity contribution < 1.29 is 19.1 Å². The fourth-order valence-corrected chi connectivity index (χ4v) is 4.07. The minimum atomic E-state index is -0.377. The first-order valence-corrected chi connectivity index (χ1v) is 10.2. The van der Waals surface area contributed by atoms with Crippen molar-refractivity contribution in [2.45, 2.75) is 51.0 Å². The number of carbonyl (C=O) groups excluding carboxylic acids is 2. The van der Waals surface area contributed by atoms with Gasteiger partial charge < -0.3 is 19.3 Å². The molecule has 7 nitrogen and oxygen atoms in total. The maximum Gasteiger partial charge on any atom is 0.410 e. The molecule has 0 aliphatic carbocycles. The predicted molar refractivity (Wildman–Crippen MR) is 98.0 cm³/mol. The van der Waals surface area contributed by atoms with Gasteiger partial charge in [0, 0.05) is 45.6 Å². The third-order valence-corrected chi connectivity index (χ3v) is 5.81. The Morgan fingerprint density at radius 2 is 1.81 bits per heavy atom. The van der Waals surface area contributed by atoms with Gasteiger partial charge in [0.15, 0.2) is 0 Å². The summed E-state index contributed by atoms with van der Waals surface area (Å²) in [4.78, 5) is 30.7. The lowest BCUT2D eigenvalue weighted by Gasteiger charge is -2.38. The number of likely N-dealkylation sites (tertiary alicyclic amines) is 1. The Bertz CT molecular complexity index is 485. The number of rotatable bonds is 7. The molecule has 0 bridgehead atoms. The normalized spacial score (nSPS) is 23.5. The molecule has 0 unspecified atom stereocenters. The molecule has 0 aromatic heterocycles. The Morgan fingerprint density at radius 1 is 1.08 bits per heavy atom. The molecule has 3 aliphatic rings. The molecule has 3 saturated heterocycles. The Kier molecular flexibility index (Phi) is 6.75. The number of hydrogen-bond donors (Lipinski definition) is 0. The highest BCUT2D eigenvalue weighted by molar-refractivity contribution is 5.78. The number of carbonyl (C=O) groups is 2. The molecular weight excluding hydrogens is 334 g/mol. The fraction of sp³-hybridized carbons (Fsp3) is 0.895. The lowest BCUT2D eigenvalue weighted by molar-refractivity contribution is -0.136. The van der Waals surface area contributed by atoms with Crippen LogP contribution in [0.1, 0.15) is 45.4 Å². The van der Waals surface area contributed by atoms with Crippen molar-refractivity contribution in [3.05, 3.63) is 0 Å². The van der Waals surface area contributed by atoms with E-state index in [9.17, 15) is 9.59 Å². The van der Waals surface area contributed by atoms with E-state index in [1.807, 2.05) is 9.80 Å². The Labute approximate surface area is 156 Å². The fourth-order valence-electron chi connectivity index (χ4n) is 4.07. The number of morpholine rings is 1. The largest absolute Gasteiger partial charge is 0.441 e. The van der Waals surface area contributed by atoms with Crippen molar-refractivity contribution in [1.82, 2.24) is 14.7 Å². The number of ether oxygens (including phenoxy) is 2. The van der Waals surface area contributed by atoms with Crippen molar-refractivity contribution >= 4 is 12.0 Å². The molecule has 3 heterocycles. The first kappa shape index (κ1) is 19.4. The summed E-state index contributed by atoms with van der Waals surface area (Å²) in [6, 6.07) is 0. The van der Waals surface area contributed by atoms with Crippen LogP contribution in [0, 0.1) is 0 Å². The van der Waals surface area contributed by atoms with Crippen LogP contribution in [0.4, 0.5) is 4.79 Å². The second-order valence-electron chi connectivity index (χ2n) is 7.80. The highest BCUT2D eigenvalue weighted by Crippen LogP contribution is 2.33. The number of amides is 2. The van der Waals surface area contributed by atoms with E-state index in [-0.39, 0.29) is 17.6 Å². The van der Waals surface area contributed by atoms with Gasteiger partial charge >= 0.3 is 6.09 Å². The molecule has 148 valence electrons. The summed E-state index contributed by atoms with van der Waals surface area (Å²) < 4.78 is 11.1. The SMILES string of the molecule is CCCCCCN1CC2(CCN(C(=O)CN3CCOCC3)CC2)OC1=O. The smallest absolute Gasteiger partial charge is 0.410 e. The minimum Gasteiger partial charge on any atom is -0.441 e. The van der Waals surface area contributed by atoms with Crippen molar-refractivity contribution in [2.75, 3.05) is 59.0 Å². The summed E-state index contributed by atoms with van der Waals surface area (Å²) in [6.45, 7) is 8.57. The van der Waals surface area contributed by atoms with Crippen molar-refractivity contribution in [1.29, 1.82) is 0 Å². The van der Waals surface area contributed by atoms with Gasteiger partial charge in [-0.3, -0.25) is 9.69 Å². The van der Waals surface area contributed by atoms with Gasteiger partial charge in [0.25, 0.3) is 0 Å². The zero-order valence-corrected chi connectivity index (χ0v) is 16.1. The van der Waals surface area contributed by atoms with Crippen LogP contribution in [-0.4, -0.2) is 91.3 Å². The van der Waals surface area contributed by atoms with Crippen LogP contribution in [0.5, 0.6) is 0 Å². The molecule has 0 atom stereocenters.